The van der Waals surface area contributed by atoms with E-state index in [9.17, 15) is 0 Å². The zero-order valence-corrected chi connectivity index (χ0v) is 13.7. The van der Waals surface area contributed by atoms with Crippen molar-refractivity contribution in [3.05, 3.63) is 24.3 Å². The summed E-state index contributed by atoms with van der Waals surface area (Å²) in [6, 6.07) is 0. The van der Waals surface area contributed by atoms with Gasteiger partial charge < -0.3 is 0 Å². The van der Waals surface area contributed by atoms with Gasteiger partial charge in [-0.2, -0.15) is 0 Å². The van der Waals surface area contributed by atoms with Crippen molar-refractivity contribution in [2.45, 2.75) is 48.5 Å². The van der Waals surface area contributed by atoms with Crippen LogP contribution in [-0.4, -0.2) is 4.40 Å². The molecule has 0 N–H and O–H groups in total. The van der Waals surface area contributed by atoms with Crippen molar-refractivity contribution >= 4 is 4.40 Å². The average Bonchev–Trinajstić information content (AvgIpc) is 2.18. The van der Waals surface area contributed by atoms with Gasteiger partial charge in [-0.25, -0.2) is 0 Å². The van der Waals surface area contributed by atoms with Gasteiger partial charge in [0, 0.05) is 0 Å². The van der Waals surface area contributed by atoms with Gasteiger partial charge in [-0.15, -0.1) is 0 Å². The second-order valence-corrected chi connectivity index (χ2v) is 4.15. The van der Waals surface area contributed by atoms with Gasteiger partial charge in [0.05, 0.1) is 0 Å². The number of hydrogen-bond donors (Lipinski definition) is 0. The molecule has 0 saturated carbocycles. The minimum atomic E-state index is 0.181. The van der Waals surface area contributed by atoms with Crippen LogP contribution in [0.25, 0.3) is 0 Å². The molecule has 0 nitrogen and oxygen atoms in total. The molecule has 0 bridgehead atoms. The van der Waals surface area contributed by atoms with Crippen molar-refractivity contribution in [1.29, 1.82) is 0 Å². The summed E-state index contributed by atoms with van der Waals surface area (Å²) in [4.78, 5) is 0. The fourth-order valence-electron chi connectivity index (χ4n) is 0.629. The topological polar surface area (TPSA) is 0 Å². The van der Waals surface area contributed by atoms with Gasteiger partial charge >= 0.3 is 74.2 Å². The van der Waals surface area contributed by atoms with Crippen LogP contribution < -0.4 is 0 Å². The summed E-state index contributed by atoms with van der Waals surface area (Å²) in [5.74, 6) is 0. The van der Waals surface area contributed by atoms with Gasteiger partial charge in [0.2, 0.25) is 0 Å². The second-order valence-electron chi connectivity index (χ2n) is 3.17. The molecule has 0 aromatic rings. The van der Waals surface area contributed by atoms with Crippen LogP contribution in [0, 0.1) is 12.0 Å². The molecule has 0 saturated heterocycles. The van der Waals surface area contributed by atoms with Crippen LogP contribution in [0.3, 0.4) is 0 Å². The van der Waals surface area contributed by atoms with Gasteiger partial charge in [-0.3, -0.25) is 0 Å². The van der Waals surface area contributed by atoms with Gasteiger partial charge in [-0.1, -0.05) is 27.7 Å². The monoisotopic (exact) mass is 365 g/mol. The molecule has 0 aliphatic heterocycles. The Balaban J connectivity index is -0.000000266. The SMILES string of the molecule is CC.CC.[CH-]=CC(=C[CH]=[W])C(C)(C)C. The first-order chi connectivity index (χ1) is 6.52. The van der Waals surface area contributed by atoms with Gasteiger partial charge in [0.1, 0.15) is 0 Å². The maximum absolute atomic E-state index is 5.44. The summed E-state index contributed by atoms with van der Waals surface area (Å²) < 4.78 is 2.09. The number of allylic oxidation sites excluding steroid dienone is 3. The standard InChI is InChI=1S/C9H13.2C2H6.W/c1-6-8(7-2)9(3,4)5;2*1-2;/h1-2,6-7H,3-5H3;2*1-2H3;/q-1;;;. The van der Waals surface area contributed by atoms with Crippen molar-refractivity contribution in [2.75, 3.05) is 0 Å². The Morgan fingerprint density at radius 2 is 1.43 bits per heavy atom. The van der Waals surface area contributed by atoms with E-state index in [2.05, 4.69) is 31.2 Å². The Bertz CT molecular complexity index is 159. The molecule has 0 spiro atoms. The molecule has 14 heavy (non-hydrogen) atoms. The van der Waals surface area contributed by atoms with E-state index in [1.165, 1.54) is 24.9 Å². The van der Waals surface area contributed by atoms with E-state index in [-0.39, 0.29) is 5.41 Å². The summed E-state index contributed by atoms with van der Waals surface area (Å²) in [5.41, 5.74) is 1.38. The van der Waals surface area contributed by atoms with Crippen LogP contribution in [0.4, 0.5) is 0 Å². The molecule has 0 atom stereocenters. The van der Waals surface area contributed by atoms with Gasteiger partial charge in [-0.05, 0) is 0 Å². The zero-order valence-electron chi connectivity index (χ0n) is 10.7. The fourth-order valence-corrected chi connectivity index (χ4v) is 1.16. The molecule has 0 aromatic heterocycles. The molecule has 0 aliphatic carbocycles. The van der Waals surface area contributed by atoms with Crippen molar-refractivity contribution in [3.8, 4) is 0 Å². The van der Waals surface area contributed by atoms with E-state index < -0.39 is 0 Å². The summed E-state index contributed by atoms with van der Waals surface area (Å²) >= 11 is 1.46. The first-order valence-corrected chi connectivity index (χ1v) is 6.92. The Hall–Kier alpha value is 0.0383. The van der Waals surface area contributed by atoms with Crippen LogP contribution in [-0.2, 0) is 19.4 Å². The third-order valence-electron chi connectivity index (χ3n) is 1.29. The first-order valence-electron chi connectivity index (χ1n) is 5.23. The van der Waals surface area contributed by atoms with Crippen LogP contribution in [0.5, 0.6) is 0 Å². The van der Waals surface area contributed by atoms with Gasteiger partial charge in [0.25, 0.3) is 0 Å². The van der Waals surface area contributed by atoms with Crippen molar-refractivity contribution in [3.63, 3.8) is 0 Å². The van der Waals surface area contributed by atoms with E-state index >= 15 is 0 Å². The third-order valence-corrected chi connectivity index (χ3v) is 1.78. The zero-order chi connectivity index (χ0) is 12.2. The molecule has 0 radical (unpaired) electrons. The van der Waals surface area contributed by atoms with E-state index in [4.69, 9.17) is 6.58 Å². The summed E-state index contributed by atoms with van der Waals surface area (Å²) in [5, 5.41) is 0. The third kappa shape index (κ3) is 12.0. The van der Waals surface area contributed by atoms with E-state index in [1.54, 1.807) is 6.08 Å². The van der Waals surface area contributed by atoms with Crippen LogP contribution >= 0.6 is 0 Å². The Morgan fingerprint density at radius 1 is 1.07 bits per heavy atom. The normalized spacial score (nSPS) is 10.1. The molecule has 0 amide bonds. The Morgan fingerprint density at radius 3 is 1.50 bits per heavy atom. The summed E-state index contributed by atoms with van der Waals surface area (Å²) in [6.07, 6.45) is 3.76. The molecule has 0 fully saturated rings. The molecule has 0 heterocycles. The Kier molecular flexibility index (Phi) is 18.2. The average molecular weight is 365 g/mol. The predicted octanol–water partition coefficient (Wildman–Crippen LogP) is 4.35. The van der Waals surface area contributed by atoms with Crippen molar-refractivity contribution in [2.24, 2.45) is 5.41 Å². The van der Waals surface area contributed by atoms with Crippen LogP contribution in [0.15, 0.2) is 17.7 Å². The molecular weight excluding hydrogens is 340 g/mol. The number of hydrogen-bond acceptors (Lipinski definition) is 0. The predicted molar refractivity (Wildman–Crippen MR) is 65.2 cm³/mol. The summed E-state index contributed by atoms with van der Waals surface area (Å²) in [6.45, 7) is 19.9. The maximum atomic E-state index is 5.44. The second kappa shape index (κ2) is 13.0. The minimum absolute atomic E-state index is 0.181. The quantitative estimate of drug-likeness (QED) is 0.504. The molecular formula is C13H25W-. The number of rotatable bonds is 2. The molecule has 0 unspecified atom stereocenters. The van der Waals surface area contributed by atoms with Crippen LogP contribution in [0.2, 0.25) is 0 Å². The van der Waals surface area contributed by atoms with Crippen molar-refractivity contribution < 1.29 is 19.4 Å². The Labute approximate surface area is 102 Å². The van der Waals surface area contributed by atoms with Gasteiger partial charge in [0.15, 0.2) is 0 Å². The van der Waals surface area contributed by atoms with E-state index in [0.29, 0.717) is 0 Å². The molecule has 0 rings (SSSR count). The van der Waals surface area contributed by atoms with E-state index in [1.807, 2.05) is 27.7 Å². The van der Waals surface area contributed by atoms with Crippen LogP contribution in [0.1, 0.15) is 48.5 Å². The van der Waals surface area contributed by atoms with Crippen molar-refractivity contribution in [1.82, 2.24) is 0 Å². The molecule has 1 heteroatoms. The molecule has 0 aliphatic rings. The molecule has 84 valence electrons. The van der Waals surface area contributed by atoms with E-state index in [0.717, 1.165) is 0 Å². The first kappa shape index (κ1) is 19.6. The molecule has 0 aromatic carbocycles. The summed E-state index contributed by atoms with van der Waals surface area (Å²) in [7, 11) is 0. The fraction of sp³-hybridized carbons (Fsp3) is 0.615.